The molecule has 0 radical (unpaired) electrons. The summed E-state index contributed by atoms with van der Waals surface area (Å²) in [5.41, 5.74) is 7.74. The topological polar surface area (TPSA) is 98.7 Å². The minimum Gasteiger partial charge on any atom is -0.399 e. The lowest BCUT2D eigenvalue weighted by molar-refractivity contribution is 0.0459. The van der Waals surface area contributed by atoms with Crippen molar-refractivity contribution in [1.29, 1.82) is 0 Å². The van der Waals surface area contributed by atoms with E-state index in [1.54, 1.807) is 6.92 Å². The molecule has 0 bridgehead atoms. The molecular formula is C14H23N3O3S. The molecule has 21 heavy (non-hydrogen) atoms. The number of ether oxygens (including phenoxy) is 1. The van der Waals surface area contributed by atoms with Gasteiger partial charge in [0.05, 0.1) is 11.0 Å². The monoisotopic (exact) mass is 313 g/mol. The molecule has 0 atom stereocenters. The van der Waals surface area contributed by atoms with Crippen LogP contribution >= 0.6 is 0 Å². The molecule has 0 saturated carbocycles. The highest BCUT2D eigenvalue weighted by atomic mass is 32.2. The Balaban J connectivity index is 2.27. The maximum absolute atomic E-state index is 11.7. The van der Waals surface area contributed by atoms with E-state index in [1.807, 2.05) is 13.0 Å². The van der Waals surface area contributed by atoms with Gasteiger partial charge in [0.25, 0.3) is 0 Å². The first-order chi connectivity index (χ1) is 9.82. The van der Waals surface area contributed by atoms with Crippen LogP contribution in [-0.4, -0.2) is 34.2 Å². The van der Waals surface area contributed by atoms with Gasteiger partial charge in [-0.2, -0.15) is 0 Å². The number of sulfonamides is 1. The molecule has 0 spiro atoms. The summed E-state index contributed by atoms with van der Waals surface area (Å²) >= 11 is 0. The van der Waals surface area contributed by atoms with Crippen molar-refractivity contribution >= 4 is 21.4 Å². The predicted molar refractivity (Wildman–Crippen MR) is 83.8 cm³/mol. The maximum Gasteiger partial charge on any atom is 0.238 e. The van der Waals surface area contributed by atoms with Crippen molar-refractivity contribution in [3.8, 4) is 0 Å². The number of piperidine rings is 1. The van der Waals surface area contributed by atoms with Gasteiger partial charge in [-0.15, -0.1) is 0 Å². The summed E-state index contributed by atoms with van der Waals surface area (Å²) in [7, 11) is -3.77. The average Bonchev–Trinajstić information content (AvgIpc) is 2.41. The van der Waals surface area contributed by atoms with E-state index in [0.717, 1.165) is 38.2 Å². The molecule has 0 aliphatic carbocycles. The average molecular weight is 313 g/mol. The van der Waals surface area contributed by atoms with Crippen molar-refractivity contribution in [2.24, 2.45) is 5.14 Å². The number of nitrogens with two attached hydrogens (primary N) is 2. The minimum absolute atomic E-state index is 0.101. The van der Waals surface area contributed by atoms with E-state index in [1.165, 1.54) is 6.07 Å². The van der Waals surface area contributed by atoms with E-state index in [-0.39, 0.29) is 11.0 Å². The van der Waals surface area contributed by atoms with E-state index >= 15 is 0 Å². The Bertz CT molecular complexity index is 608. The summed E-state index contributed by atoms with van der Waals surface area (Å²) in [6, 6.07) is 3.23. The largest absolute Gasteiger partial charge is 0.399 e. The molecule has 1 aromatic rings. The number of nitrogen functional groups attached to an aromatic ring is 1. The van der Waals surface area contributed by atoms with Crippen LogP contribution in [0.2, 0.25) is 0 Å². The molecular weight excluding hydrogens is 290 g/mol. The van der Waals surface area contributed by atoms with Gasteiger partial charge in [0.1, 0.15) is 0 Å². The number of rotatable bonds is 4. The van der Waals surface area contributed by atoms with Crippen molar-refractivity contribution in [1.82, 2.24) is 0 Å². The van der Waals surface area contributed by atoms with Crippen molar-refractivity contribution in [2.75, 3.05) is 30.3 Å². The lowest BCUT2D eigenvalue weighted by atomic mass is 10.0. The lowest BCUT2D eigenvalue weighted by Crippen LogP contribution is -2.37. The minimum atomic E-state index is -3.77. The number of primary sulfonamides is 1. The Morgan fingerprint density at radius 3 is 2.48 bits per heavy atom. The normalized spacial score (nSPS) is 17.2. The SMILES string of the molecule is CCOC1CCN(c2cc(N)cc(S(N)(=O)=O)c2C)CC1. The molecule has 1 saturated heterocycles. The molecule has 1 aliphatic rings. The second-order valence-electron chi connectivity index (χ2n) is 5.35. The molecule has 1 aliphatic heterocycles. The molecule has 0 aromatic heterocycles. The Labute approximate surface area is 126 Å². The zero-order valence-corrected chi connectivity index (χ0v) is 13.3. The number of hydrogen-bond acceptors (Lipinski definition) is 5. The fraction of sp³-hybridized carbons (Fsp3) is 0.571. The highest BCUT2D eigenvalue weighted by Gasteiger charge is 2.23. The Kier molecular flexibility index (Phi) is 4.75. The number of nitrogens with zero attached hydrogens (tertiary/aromatic N) is 1. The maximum atomic E-state index is 11.7. The van der Waals surface area contributed by atoms with Crippen LogP contribution in [0, 0.1) is 6.92 Å². The van der Waals surface area contributed by atoms with Crippen molar-refractivity contribution in [2.45, 2.75) is 37.7 Å². The quantitative estimate of drug-likeness (QED) is 0.815. The van der Waals surface area contributed by atoms with Crippen LogP contribution in [0.25, 0.3) is 0 Å². The molecule has 4 N–H and O–H groups in total. The third-order valence-corrected chi connectivity index (χ3v) is 4.88. The first kappa shape index (κ1) is 16.1. The summed E-state index contributed by atoms with van der Waals surface area (Å²) in [5.74, 6) is 0. The van der Waals surface area contributed by atoms with Crippen LogP contribution in [0.5, 0.6) is 0 Å². The first-order valence-electron chi connectivity index (χ1n) is 7.12. The van der Waals surface area contributed by atoms with Crippen LogP contribution in [0.3, 0.4) is 0 Å². The van der Waals surface area contributed by atoms with Crippen LogP contribution in [0.15, 0.2) is 17.0 Å². The van der Waals surface area contributed by atoms with Gasteiger partial charge in [0, 0.05) is 31.1 Å². The van der Waals surface area contributed by atoms with Gasteiger partial charge in [0.2, 0.25) is 10.0 Å². The number of hydrogen-bond donors (Lipinski definition) is 2. The molecule has 1 fully saturated rings. The third-order valence-electron chi connectivity index (χ3n) is 3.85. The molecule has 0 amide bonds. The van der Waals surface area contributed by atoms with E-state index in [4.69, 9.17) is 15.6 Å². The van der Waals surface area contributed by atoms with Crippen LogP contribution < -0.4 is 15.8 Å². The lowest BCUT2D eigenvalue weighted by Gasteiger charge is -2.34. The van der Waals surface area contributed by atoms with Crippen molar-refractivity contribution in [3.05, 3.63) is 17.7 Å². The molecule has 0 unspecified atom stereocenters. The molecule has 7 heteroatoms. The summed E-state index contributed by atoms with van der Waals surface area (Å²) in [5, 5.41) is 5.26. The Morgan fingerprint density at radius 1 is 1.33 bits per heavy atom. The van der Waals surface area contributed by atoms with E-state index in [0.29, 0.717) is 11.3 Å². The Hall–Kier alpha value is -1.31. The van der Waals surface area contributed by atoms with Crippen LogP contribution in [0.4, 0.5) is 11.4 Å². The Morgan fingerprint density at radius 2 is 1.95 bits per heavy atom. The highest BCUT2D eigenvalue weighted by Crippen LogP contribution is 2.31. The van der Waals surface area contributed by atoms with E-state index < -0.39 is 10.0 Å². The second-order valence-corrected chi connectivity index (χ2v) is 6.88. The van der Waals surface area contributed by atoms with Gasteiger partial charge in [-0.1, -0.05) is 0 Å². The predicted octanol–water partition coefficient (Wildman–Crippen LogP) is 1.23. The summed E-state index contributed by atoms with van der Waals surface area (Å²) in [6.07, 6.45) is 2.13. The summed E-state index contributed by atoms with van der Waals surface area (Å²) in [4.78, 5) is 2.25. The van der Waals surface area contributed by atoms with E-state index in [2.05, 4.69) is 4.90 Å². The van der Waals surface area contributed by atoms with Crippen LogP contribution in [0.1, 0.15) is 25.3 Å². The van der Waals surface area contributed by atoms with E-state index in [9.17, 15) is 8.42 Å². The van der Waals surface area contributed by atoms with Crippen molar-refractivity contribution < 1.29 is 13.2 Å². The number of anilines is 2. The van der Waals surface area contributed by atoms with Gasteiger partial charge in [-0.3, -0.25) is 0 Å². The second kappa shape index (κ2) is 6.21. The zero-order valence-electron chi connectivity index (χ0n) is 12.5. The van der Waals surface area contributed by atoms with Gasteiger partial charge in [-0.05, 0) is 44.4 Å². The van der Waals surface area contributed by atoms with Gasteiger partial charge in [-0.25, -0.2) is 13.6 Å². The fourth-order valence-corrected chi connectivity index (χ4v) is 3.65. The van der Waals surface area contributed by atoms with Gasteiger partial charge < -0.3 is 15.4 Å². The van der Waals surface area contributed by atoms with Gasteiger partial charge >= 0.3 is 0 Å². The molecule has 118 valence electrons. The first-order valence-corrected chi connectivity index (χ1v) is 8.67. The highest BCUT2D eigenvalue weighted by molar-refractivity contribution is 7.89. The molecule has 2 rings (SSSR count). The van der Waals surface area contributed by atoms with Gasteiger partial charge in [0.15, 0.2) is 0 Å². The number of benzene rings is 1. The smallest absolute Gasteiger partial charge is 0.238 e. The fourth-order valence-electron chi connectivity index (χ4n) is 2.82. The van der Waals surface area contributed by atoms with Crippen LogP contribution in [-0.2, 0) is 14.8 Å². The summed E-state index contributed by atoms with van der Waals surface area (Å²) in [6.45, 7) is 6.12. The molecule has 1 heterocycles. The molecule has 1 aromatic carbocycles. The third kappa shape index (κ3) is 3.66. The molecule has 6 nitrogen and oxygen atoms in total. The summed E-state index contributed by atoms with van der Waals surface area (Å²) < 4.78 is 29.0. The standard InChI is InChI=1S/C14H23N3O3S/c1-3-20-12-4-6-17(7-5-12)13-8-11(15)9-14(10(13)2)21(16,18)19/h8-9,12H,3-7,15H2,1-2H3,(H2,16,18,19). The van der Waals surface area contributed by atoms with Crippen molar-refractivity contribution in [3.63, 3.8) is 0 Å². The zero-order chi connectivity index (χ0) is 15.6.